The number of thiophene rings is 2. The zero-order valence-electron chi connectivity index (χ0n) is 51.5. The highest BCUT2D eigenvalue weighted by Gasteiger charge is 2.23. The number of rotatable bonds is 9. The quantitative estimate of drug-likeness (QED) is 0.144. The molecule has 0 amide bonds. The highest BCUT2D eigenvalue weighted by molar-refractivity contribution is 7.26. The summed E-state index contributed by atoms with van der Waals surface area (Å²) in [7, 11) is 0. The van der Waals surface area contributed by atoms with Gasteiger partial charge in [-0.1, -0.05) is 212 Å². The first kappa shape index (κ1) is 54.4. The van der Waals surface area contributed by atoms with Gasteiger partial charge in [0, 0.05) is 91.5 Å². The SMILES string of the molecule is c1ccc(-c2nc(-c3cccc(-c4ccc5c(c4)c4cc6cc(-c7cc(-c8ccc9c(c8)c8ccc%10ccccc%10c8n9-c8ccccc8)cc(-c8nc(-c9ccccc9)c9c(n8)sc8ccccc89)c7)ccc6cc4n5-c4ccccc4)c3)nc3sc4ccccc4c23)cc1. The Kier molecular flexibility index (Phi) is 12.3. The van der Waals surface area contributed by atoms with Crippen LogP contribution >= 0.6 is 22.7 Å². The van der Waals surface area contributed by atoms with Crippen LogP contribution in [0.25, 0.3) is 196 Å². The molecule has 0 unspecified atom stereocenters. The number of fused-ring (bicyclic) bond motifs is 15. The van der Waals surface area contributed by atoms with E-state index in [2.05, 4.69) is 325 Å². The van der Waals surface area contributed by atoms with E-state index in [0.29, 0.717) is 11.6 Å². The van der Waals surface area contributed by atoms with E-state index in [4.69, 9.17) is 19.9 Å². The van der Waals surface area contributed by atoms with Crippen LogP contribution in [-0.4, -0.2) is 29.1 Å². The van der Waals surface area contributed by atoms with Crippen LogP contribution < -0.4 is 0 Å². The maximum Gasteiger partial charge on any atom is 0.161 e. The van der Waals surface area contributed by atoms with Crippen LogP contribution in [0.1, 0.15) is 0 Å². The second kappa shape index (κ2) is 21.7. The van der Waals surface area contributed by atoms with Crippen LogP contribution in [0.2, 0.25) is 0 Å². The van der Waals surface area contributed by atoms with Crippen LogP contribution in [0.4, 0.5) is 0 Å². The normalized spacial score (nSPS) is 12.0. The van der Waals surface area contributed by atoms with Gasteiger partial charge in [0.15, 0.2) is 11.6 Å². The number of nitrogens with zero attached hydrogens (tertiary/aromatic N) is 6. The monoisotopic (exact) mass is 1260 g/mol. The van der Waals surface area contributed by atoms with E-state index in [1.54, 1.807) is 22.7 Å². The van der Waals surface area contributed by atoms with Crippen molar-refractivity contribution >= 4 is 128 Å². The Balaban J connectivity index is 0.768. The maximum atomic E-state index is 5.60. The first-order valence-electron chi connectivity index (χ1n) is 32.4. The molecule has 0 saturated heterocycles. The molecule has 0 N–H and O–H groups in total. The second-order valence-electron chi connectivity index (χ2n) is 24.9. The van der Waals surface area contributed by atoms with Gasteiger partial charge < -0.3 is 9.13 Å². The Hall–Kier alpha value is -12.2. The molecule has 6 nitrogen and oxygen atoms in total. The lowest BCUT2D eigenvalue weighted by Gasteiger charge is -2.13. The zero-order valence-corrected chi connectivity index (χ0v) is 53.2. The first-order chi connectivity index (χ1) is 47.5. The van der Waals surface area contributed by atoms with Crippen molar-refractivity contribution < 1.29 is 0 Å². The Morgan fingerprint density at radius 1 is 0.229 bits per heavy atom. The zero-order chi connectivity index (χ0) is 63.0. The molecule has 6 heterocycles. The molecule has 0 aliphatic rings. The Morgan fingerprint density at radius 2 is 0.677 bits per heavy atom. The smallest absolute Gasteiger partial charge is 0.161 e. The summed E-state index contributed by atoms with van der Waals surface area (Å²) >= 11 is 3.45. The van der Waals surface area contributed by atoms with Gasteiger partial charge in [0.25, 0.3) is 0 Å². The third kappa shape index (κ3) is 8.77. The van der Waals surface area contributed by atoms with Gasteiger partial charge in [-0.25, -0.2) is 19.9 Å². The van der Waals surface area contributed by atoms with Crippen molar-refractivity contribution in [3.05, 3.63) is 315 Å². The molecular formula is C88H52N6S2. The molecule has 0 bridgehead atoms. The highest BCUT2D eigenvalue weighted by atomic mass is 32.1. The number of benzene rings is 14. The summed E-state index contributed by atoms with van der Waals surface area (Å²) in [5.41, 5.74) is 19.4. The third-order valence-electron chi connectivity index (χ3n) is 19.3. The van der Waals surface area contributed by atoms with E-state index in [-0.39, 0.29) is 0 Å². The average molecular weight is 1260 g/mol. The minimum Gasteiger partial charge on any atom is -0.309 e. The number of hydrogen-bond acceptors (Lipinski definition) is 6. The van der Waals surface area contributed by atoms with Crippen LogP contribution in [-0.2, 0) is 0 Å². The van der Waals surface area contributed by atoms with Gasteiger partial charge in [-0.15, -0.1) is 22.7 Å². The molecule has 0 spiro atoms. The van der Waals surface area contributed by atoms with Crippen LogP contribution in [0.15, 0.2) is 315 Å². The fourth-order valence-electron chi connectivity index (χ4n) is 14.8. The molecule has 0 fully saturated rings. The molecule has 0 saturated carbocycles. The fraction of sp³-hybridized carbons (Fsp3) is 0. The van der Waals surface area contributed by atoms with Crippen LogP contribution in [0, 0.1) is 0 Å². The maximum absolute atomic E-state index is 5.60. The molecular weight excluding hydrogens is 1210 g/mol. The van der Waals surface area contributed by atoms with Crippen molar-refractivity contribution in [2.45, 2.75) is 0 Å². The molecule has 20 rings (SSSR count). The topological polar surface area (TPSA) is 61.4 Å². The minimum absolute atomic E-state index is 0.684. The highest BCUT2D eigenvalue weighted by Crippen LogP contribution is 2.46. The van der Waals surface area contributed by atoms with Crippen LogP contribution in [0.5, 0.6) is 0 Å². The second-order valence-corrected chi connectivity index (χ2v) is 26.9. The van der Waals surface area contributed by atoms with E-state index in [1.807, 2.05) is 0 Å². The largest absolute Gasteiger partial charge is 0.309 e. The van der Waals surface area contributed by atoms with E-state index in [1.165, 1.54) is 58.0 Å². The van der Waals surface area contributed by atoms with Crippen LogP contribution in [0.3, 0.4) is 0 Å². The number of para-hydroxylation sites is 2. The van der Waals surface area contributed by atoms with Gasteiger partial charge in [-0.2, -0.15) is 0 Å². The summed E-state index contributed by atoms with van der Waals surface area (Å²) in [6.45, 7) is 0. The molecule has 0 atom stereocenters. The van der Waals surface area contributed by atoms with E-state index < -0.39 is 0 Å². The van der Waals surface area contributed by atoms with Gasteiger partial charge in [-0.3, -0.25) is 0 Å². The standard InChI is InChI=1S/C88H52N6S2/c1-5-21-54(22-6-1)82-80-70-32-15-17-34-78(70)95-87(80)91-85(89-82)61-26-19-25-56(44-61)58-39-42-75-73(49-58)74-51-64-45-57(36-37-60(64)52-77(74)93(75)66-27-9-3-10-28-66)62-46-63(48-65(47-62)86-90-83(55-23-7-2-8-24-55)81-71-33-16-18-35-79(71)96-88(81)92-86)59-40-43-76-72(50-59)69-41-38-53-20-13-14-31-68(53)84(69)94(76)67-29-11-4-12-30-67/h1-52H. The molecule has 6 aromatic heterocycles. The Morgan fingerprint density at radius 3 is 1.32 bits per heavy atom. The Bertz CT molecular complexity index is 6570. The molecule has 0 radical (unpaired) electrons. The molecule has 8 heteroatoms. The lowest BCUT2D eigenvalue weighted by atomic mass is 9.93. The molecule has 0 aliphatic heterocycles. The van der Waals surface area contributed by atoms with Crippen molar-refractivity contribution in [1.82, 2.24) is 29.1 Å². The van der Waals surface area contributed by atoms with Gasteiger partial charge in [0.05, 0.1) is 33.5 Å². The first-order valence-corrected chi connectivity index (χ1v) is 34.0. The van der Waals surface area contributed by atoms with Crippen molar-refractivity contribution in [2.24, 2.45) is 0 Å². The summed E-state index contributed by atoms with van der Waals surface area (Å²) in [6.07, 6.45) is 0. The molecule has 0 aliphatic carbocycles. The molecule has 96 heavy (non-hydrogen) atoms. The van der Waals surface area contributed by atoms with Crippen molar-refractivity contribution in [3.8, 4) is 90.0 Å². The van der Waals surface area contributed by atoms with E-state index >= 15 is 0 Å². The lowest BCUT2D eigenvalue weighted by Crippen LogP contribution is -1.95. The van der Waals surface area contributed by atoms with Crippen molar-refractivity contribution in [3.63, 3.8) is 0 Å². The lowest BCUT2D eigenvalue weighted by molar-refractivity contribution is 1.18. The molecule has 446 valence electrons. The molecule has 20 aromatic rings. The summed E-state index contributed by atoms with van der Waals surface area (Å²) in [5, 5.41) is 14.0. The van der Waals surface area contributed by atoms with Gasteiger partial charge >= 0.3 is 0 Å². The minimum atomic E-state index is 0.684. The van der Waals surface area contributed by atoms with Crippen molar-refractivity contribution in [1.29, 1.82) is 0 Å². The summed E-state index contributed by atoms with van der Waals surface area (Å²) in [6, 6.07) is 114. The van der Waals surface area contributed by atoms with E-state index in [9.17, 15) is 0 Å². The number of hydrogen-bond donors (Lipinski definition) is 0. The van der Waals surface area contributed by atoms with Crippen molar-refractivity contribution in [2.75, 3.05) is 0 Å². The third-order valence-corrected chi connectivity index (χ3v) is 21.4. The van der Waals surface area contributed by atoms with E-state index in [0.717, 1.165) is 126 Å². The Labute approximate surface area is 559 Å². The predicted molar refractivity (Wildman–Crippen MR) is 405 cm³/mol. The average Bonchev–Trinajstić information content (AvgIpc) is 1.57. The predicted octanol–water partition coefficient (Wildman–Crippen LogP) is 24.2. The summed E-state index contributed by atoms with van der Waals surface area (Å²) in [4.78, 5) is 23.7. The molecule has 14 aromatic carbocycles. The summed E-state index contributed by atoms with van der Waals surface area (Å²) in [5.74, 6) is 1.39. The number of aromatic nitrogens is 6. The summed E-state index contributed by atoms with van der Waals surface area (Å²) < 4.78 is 7.24. The van der Waals surface area contributed by atoms with Gasteiger partial charge in [0.1, 0.15) is 9.66 Å². The fourth-order valence-corrected chi connectivity index (χ4v) is 17.0. The van der Waals surface area contributed by atoms with Gasteiger partial charge in [-0.05, 0) is 153 Å². The van der Waals surface area contributed by atoms with Gasteiger partial charge in [0.2, 0.25) is 0 Å².